The van der Waals surface area contributed by atoms with Crippen LogP contribution in [0.25, 0.3) is 0 Å². The fraction of sp³-hybridized carbons (Fsp3) is 0.545. The second kappa shape index (κ2) is 9.13. The summed E-state index contributed by atoms with van der Waals surface area (Å²) in [5.41, 5.74) is 6.06. The monoisotopic (exact) mass is 382 g/mol. The van der Waals surface area contributed by atoms with E-state index in [1.165, 1.54) is 28.9 Å². The second-order valence-corrected chi connectivity index (χ2v) is 7.73. The molecule has 1 saturated heterocycles. The zero-order valence-corrected chi connectivity index (χ0v) is 17.9. The number of hydrogen-bond donors (Lipinski definition) is 2. The summed E-state index contributed by atoms with van der Waals surface area (Å²) in [5.74, 6) is 0.890. The van der Waals surface area contributed by atoms with Gasteiger partial charge in [0.1, 0.15) is 0 Å². The Hall–Kier alpha value is -2.50. The Bertz CT molecular complexity index is 805. The van der Waals surface area contributed by atoms with Crippen LogP contribution in [0.15, 0.2) is 29.3 Å². The summed E-state index contributed by atoms with van der Waals surface area (Å²) in [5, 5.41) is 11.6. The fourth-order valence-corrected chi connectivity index (χ4v) is 3.80. The molecule has 1 fully saturated rings. The lowest BCUT2D eigenvalue weighted by molar-refractivity contribution is 0.468. The number of hydrogen-bond acceptors (Lipinski definition) is 3. The largest absolute Gasteiger partial charge is 0.369 e. The highest BCUT2D eigenvalue weighted by atomic mass is 15.3. The van der Waals surface area contributed by atoms with E-state index in [1.54, 1.807) is 0 Å². The molecule has 2 heterocycles. The van der Waals surface area contributed by atoms with E-state index in [0.717, 1.165) is 37.7 Å². The number of aryl methyl sites for hydroxylation is 3. The maximum absolute atomic E-state index is 4.84. The van der Waals surface area contributed by atoms with Crippen LogP contribution in [0.5, 0.6) is 0 Å². The Morgan fingerprint density at radius 3 is 2.61 bits per heavy atom. The Morgan fingerprint density at radius 2 is 1.96 bits per heavy atom. The lowest BCUT2D eigenvalue weighted by Gasteiger charge is -2.35. The fourth-order valence-electron chi connectivity index (χ4n) is 3.80. The Labute approximate surface area is 169 Å². The first-order valence-electron chi connectivity index (χ1n) is 10.3. The SMILES string of the molecule is CCNC(=NCc1c(C)nn(C)c1C)NC1CCCN(c2ccc(C)cc2)C1. The van der Waals surface area contributed by atoms with Crippen LogP contribution in [0, 0.1) is 20.8 Å². The molecule has 152 valence electrons. The van der Waals surface area contributed by atoms with Gasteiger partial charge in [0.25, 0.3) is 0 Å². The third-order valence-electron chi connectivity index (χ3n) is 5.56. The van der Waals surface area contributed by atoms with Gasteiger partial charge in [0.05, 0.1) is 12.2 Å². The van der Waals surface area contributed by atoms with Crippen molar-refractivity contribution >= 4 is 11.6 Å². The van der Waals surface area contributed by atoms with Gasteiger partial charge < -0.3 is 15.5 Å². The summed E-state index contributed by atoms with van der Waals surface area (Å²) in [6.45, 7) is 12.0. The van der Waals surface area contributed by atoms with Gasteiger partial charge in [-0.1, -0.05) is 17.7 Å². The molecule has 28 heavy (non-hydrogen) atoms. The number of aliphatic imine (C=N–C) groups is 1. The molecule has 0 spiro atoms. The first-order valence-corrected chi connectivity index (χ1v) is 10.3. The predicted molar refractivity (Wildman–Crippen MR) is 117 cm³/mol. The first kappa shape index (κ1) is 20.2. The smallest absolute Gasteiger partial charge is 0.191 e. The van der Waals surface area contributed by atoms with Crippen molar-refractivity contribution in [2.45, 2.75) is 53.1 Å². The van der Waals surface area contributed by atoms with Crippen LogP contribution in [0.4, 0.5) is 5.69 Å². The van der Waals surface area contributed by atoms with Crippen molar-refractivity contribution in [1.29, 1.82) is 0 Å². The summed E-state index contributed by atoms with van der Waals surface area (Å²) in [6.07, 6.45) is 2.35. The first-order chi connectivity index (χ1) is 13.5. The maximum Gasteiger partial charge on any atom is 0.191 e. The Kier molecular flexibility index (Phi) is 6.60. The van der Waals surface area contributed by atoms with E-state index in [2.05, 4.69) is 72.6 Å². The molecule has 1 aromatic heterocycles. The molecular weight excluding hydrogens is 348 g/mol. The topological polar surface area (TPSA) is 57.5 Å². The third kappa shape index (κ3) is 4.86. The molecule has 1 aliphatic heterocycles. The van der Waals surface area contributed by atoms with Crippen molar-refractivity contribution < 1.29 is 0 Å². The Morgan fingerprint density at radius 1 is 1.21 bits per heavy atom. The molecule has 2 aromatic rings. The van der Waals surface area contributed by atoms with Gasteiger partial charge in [-0.25, -0.2) is 4.99 Å². The molecule has 0 radical (unpaired) electrons. The van der Waals surface area contributed by atoms with E-state index < -0.39 is 0 Å². The van der Waals surface area contributed by atoms with Gasteiger partial charge in [0.15, 0.2) is 5.96 Å². The molecule has 1 aliphatic rings. The number of anilines is 1. The van der Waals surface area contributed by atoms with Crippen molar-refractivity contribution in [3.05, 3.63) is 46.8 Å². The number of nitrogens with one attached hydrogen (secondary N) is 2. The van der Waals surface area contributed by atoms with E-state index in [1.807, 2.05) is 11.7 Å². The van der Waals surface area contributed by atoms with Crippen LogP contribution < -0.4 is 15.5 Å². The molecule has 1 aromatic carbocycles. The van der Waals surface area contributed by atoms with Crippen LogP contribution in [0.2, 0.25) is 0 Å². The molecule has 0 bridgehead atoms. The van der Waals surface area contributed by atoms with Gasteiger partial charge in [0, 0.05) is 49.7 Å². The number of benzene rings is 1. The van der Waals surface area contributed by atoms with Crippen LogP contribution in [-0.4, -0.2) is 41.4 Å². The van der Waals surface area contributed by atoms with Gasteiger partial charge in [-0.15, -0.1) is 0 Å². The molecule has 1 unspecified atom stereocenters. The summed E-state index contributed by atoms with van der Waals surface area (Å²) >= 11 is 0. The van der Waals surface area contributed by atoms with Crippen LogP contribution >= 0.6 is 0 Å². The molecule has 2 N–H and O–H groups in total. The second-order valence-electron chi connectivity index (χ2n) is 7.73. The average molecular weight is 383 g/mol. The van der Waals surface area contributed by atoms with Crippen molar-refractivity contribution in [1.82, 2.24) is 20.4 Å². The maximum atomic E-state index is 4.84. The summed E-state index contributed by atoms with van der Waals surface area (Å²) in [4.78, 5) is 7.32. The number of piperidine rings is 1. The number of nitrogens with zero attached hydrogens (tertiary/aromatic N) is 4. The lowest BCUT2D eigenvalue weighted by Crippen LogP contribution is -2.51. The minimum Gasteiger partial charge on any atom is -0.369 e. The lowest BCUT2D eigenvalue weighted by atomic mass is 10.0. The third-order valence-corrected chi connectivity index (χ3v) is 5.56. The van der Waals surface area contributed by atoms with Gasteiger partial charge in [-0.2, -0.15) is 5.10 Å². The normalized spacial score (nSPS) is 17.7. The molecule has 6 nitrogen and oxygen atoms in total. The number of guanidine groups is 1. The molecule has 6 heteroatoms. The zero-order chi connectivity index (χ0) is 20.1. The van der Waals surface area contributed by atoms with Gasteiger partial charge in [0.2, 0.25) is 0 Å². The summed E-state index contributed by atoms with van der Waals surface area (Å²) in [6, 6.07) is 9.23. The molecule has 0 saturated carbocycles. The van der Waals surface area contributed by atoms with Gasteiger partial charge in [-0.3, -0.25) is 4.68 Å². The average Bonchev–Trinajstić information content (AvgIpc) is 2.92. The minimum absolute atomic E-state index is 0.393. The molecule has 3 rings (SSSR count). The van der Waals surface area contributed by atoms with E-state index in [0.29, 0.717) is 12.6 Å². The van der Waals surface area contributed by atoms with Crippen molar-refractivity contribution in [2.24, 2.45) is 12.0 Å². The molecular formula is C22H34N6. The van der Waals surface area contributed by atoms with E-state index in [-0.39, 0.29) is 0 Å². The van der Waals surface area contributed by atoms with E-state index in [4.69, 9.17) is 4.99 Å². The summed E-state index contributed by atoms with van der Waals surface area (Å²) < 4.78 is 1.93. The van der Waals surface area contributed by atoms with Crippen LogP contribution in [0.3, 0.4) is 0 Å². The van der Waals surface area contributed by atoms with Crippen LogP contribution in [-0.2, 0) is 13.6 Å². The van der Waals surface area contributed by atoms with Crippen molar-refractivity contribution in [3.8, 4) is 0 Å². The van der Waals surface area contributed by atoms with Gasteiger partial charge in [-0.05, 0) is 52.7 Å². The highest BCUT2D eigenvalue weighted by molar-refractivity contribution is 5.80. The number of aromatic nitrogens is 2. The van der Waals surface area contributed by atoms with Crippen molar-refractivity contribution in [2.75, 3.05) is 24.5 Å². The van der Waals surface area contributed by atoms with E-state index in [9.17, 15) is 0 Å². The standard InChI is InChI=1S/C22H34N6/c1-6-23-22(24-14-21-17(3)26-27(5)18(21)4)25-19-8-7-13-28(15-19)20-11-9-16(2)10-12-20/h9-12,19H,6-8,13-15H2,1-5H3,(H2,23,24,25). The summed E-state index contributed by atoms with van der Waals surface area (Å²) in [7, 11) is 1.99. The number of rotatable bonds is 5. The highest BCUT2D eigenvalue weighted by Gasteiger charge is 2.21. The van der Waals surface area contributed by atoms with Gasteiger partial charge >= 0.3 is 0 Å². The van der Waals surface area contributed by atoms with E-state index >= 15 is 0 Å². The predicted octanol–water partition coefficient (Wildman–Crippen LogP) is 3.07. The molecule has 0 amide bonds. The highest BCUT2D eigenvalue weighted by Crippen LogP contribution is 2.20. The molecule has 1 atom stereocenters. The Balaban J connectivity index is 1.66. The zero-order valence-electron chi connectivity index (χ0n) is 17.9. The molecule has 0 aliphatic carbocycles. The van der Waals surface area contributed by atoms with Crippen molar-refractivity contribution in [3.63, 3.8) is 0 Å². The minimum atomic E-state index is 0.393. The quantitative estimate of drug-likeness (QED) is 0.616. The van der Waals surface area contributed by atoms with Crippen LogP contribution in [0.1, 0.15) is 42.3 Å².